The van der Waals surface area contributed by atoms with Crippen molar-refractivity contribution in [2.24, 2.45) is 21.6 Å². The molecule has 2 aliphatic rings. The van der Waals surface area contributed by atoms with Gasteiger partial charge in [0.25, 0.3) is 0 Å². The van der Waals surface area contributed by atoms with Crippen LogP contribution in [-0.4, -0.2) is 37.7 Å². The molecule has 1 saturated heterocycles. The van der Waals surface area contributed by atoms with Gasteiger partial charge in [0.1, 0.15) is 0 Å². The van der Waals surface area contributed by atoms with Gasteiger partial charge in [-0.2, -0.15) is 0 Å². The topological polar surface area (TPSA) is 60.0 Å². The van der Waals surface area contributed by atoms with Crippen molar-refractivity contribution in [2.45, 2.75) is 46.1 Å². The number of nitrogens with two attached hydrogens (primary N) is 1. The zero-order valence-corrected chi connectivity index (χ0v) is 13.4. The second kappa shape index (κ2) is 7.55. The van der Waals surface area contributed by atoms with Crippen molar-refractivity contribution >= 4 is 11.9 Å². The predicted octanol–water partition coefficient (Wildman–Crippen LogP) is 2.90. The van der Waals surface area contributed by atoms with Crippen LogP contribution in [0.2, 0.25) is 0 Å². The van der Waals surface area contributed by atoms with E-state index in [1.165, 1.54) is 5.57 Å². The fourth-order valence-corrected chi connectivity index (χ4v) is 2.45. The van der Waals surface area contributed by atoms with E-state index in [1.54, 1.807) is 0 Å². The van der Waals surface area contributed by atoms with E-state index in [9.17, 15) is 0 Å². The summed E-state index contributed by atoms with van der Waals surface area (Å²) < 4.78 is 5.33. The molecule has 1 atom stereocenters. The molecule has 0 amide bonds. The maximum Gasteiger partial charge on any atom is 0.0755 e. The maximum atomic E-state index is 6.17. The van der Waals surface area contributed by atoms with Gasteiger partial charge in [0.05, 0.1) is 12.6 Å². The smallest absolute Gasteiger partial charge is 0.0755 e. The molecule has 21 heavy (non-hydrogen) atoms. The van der Waals surface area contributed by atoms with Gasteiger partial charge in [-0.05, 0) is 49.3 Å². The van der Waals surface area contributed by atoms with Gasteiger partial charge in [0.15, 0.2) is 0 Å². The van der Waals surface area contributed by atoms with E-state index < -0.39 is 0 Å². The Morgan fingerprint density at radius 3 is 2.90 bits per heavy atom. The first-order valence-corrected chi connectivity index (χ1v) is 7.87. The van der Waals surface area contributed by atoms with Gasteiger partial charge in [-0.15, -0.1) is 0 Å². The molecule has 116 valence electrons. The van der Waals surface area contributed by atoms with Crippen molar-refractivity contribution in [3.8, 4) is 0 Å². The minimum Gasteiger partial charge on any atom is -0.398 e. The highest BCUT2D eigenvalue weighted by Gasteiger charge is 2.15. The van der Waals surface area contributed by atoms with Gasteiger partial charge in [-0.3, -0.25) is 9.98 Å². The Morgan fingerprint density at radius 1 is 1.48 bits per heavy atom. The number of rotatable bonds is 5. The molecule has 0 aromatic carbocycles. The van der Waals surface area contributed by atoms with Crippen LogP contribution in [0.15, 0.2) is 32.9 Å². The molecule has 1 heterocycles. The SMILES string of the molecule is CC(=NCC(C)C)C1=CC(N)=C(C=NC2CCOC2)CC1. The zero-order chi connectivity index (χ0) is 15.2. The summed E-state index contributed by atoms with van der Waals surface area (Å²) in [5.74, 6) is 0.591. The highest BCUT2D eigenvalue weighted by Crippen LogP contribution is 2.22. The molecule has 2 rings (SSSR count). The fourth-order valence-electron chi connectivity index (χ4n) is 2.45. The van der Waals surface area contributed by atoms with E-state index in [0.717, 1.165) is 56.0 Å². The van der Waals surface area contributed by atoms with Gasteiger partial charge in [0.2, 0.25) is 0 Å². The summed E-state index contributed by atoms with van der Waals surface area (Å²) in [4.78, 5) is 9.22. The summed E-state index contributed by atoms with van der Waals surface area (Å²) in [5, 5.41) is 0. The van der Waals surface area contributed by atoms with E-state index in [4.69, 9.17) is 10.5 Å². The molecule has 2 N–H and O–H groups in total. The van der Waals surface area contributed by atoms with Crippen LogP contribution in [0.25, 0.3) is 0 Å². The van der Waals surface area contributed by atoms with E-state index in [1.807, 2.05) is 6.21 Å². The van der Waals surface area contributed by atoms with Gasteiger partial charge < -0.3 is 10.5 Å². The maximum absolute atomic E-state index is 6.17. The van der Waals surface area contributed by atoms with Crippen LogP contribution in [0.4, 0.5) is 0 Å². The van der Waals surface area contributed by atoms with E-state index in [0.29, 0.717) is 12.0 Å². The lowest BCUT2D eigenvalue weighted by atomic mass is 9.94. The lowest BCUT2D eigenvalue weighted by Crippen LogP contribution is -2.13. The first-order chi connectivity index (χ1) is 10.1. The molecule has 0 radical (unpaired) electrons. The van der Waals surface area contributed by atoms with Crippen LogP contribution in [-0.2, 0) is 4.74 Å². The summed E-state index contributed by atoms with van der Waals surface area (Å²) in [7, 11) is 0. The summed E-state index contributed by atoms with van der Waals surface area (Å²) >= 11 is 0. The molecule has 4 heteroatoms. The van der Waals surface area contributed by atoms with Crippen LogP contribution in [0.5, 0.6) is 0 Å². The number of hydrogen-bond donors (Lipinski definition) is 1. The summed E-state index contributed by atoms with van der Waals surface area (Å²) in [6.07, 6.45) is 6.98. The lowest BCUT2D eigenvalue weighted by molar-refractivity contribution is 0.194. The van der Waals surface area contributed by atoms with Crippen molar-refractivity contribution in [3.63, 3.8) is 0 Å². The number of ether oxygens (including phenoxy) is 1. The van der Waals surface area contributed by atoms with Crippen LogP contribution >= 0.6 is 0 Å². The van der Waals surface area contributed by atoms with E-state index in [-0.39, 0.29) is 0 Å². The fraction of sp³-hybridized carbons (Fsp3) is 0.647. The standard InChI is InChI=1S/C17H27N3O/c1-12(2)9-19-13(3)14-4-5-15(17(18)8-14)10-20-16-6-7-21-11-16/h8,10,12,16H,4-7,9,11,18H2,1-3H3. The van der Waals surface area contributed by atoms with Gasteiger partial charge in [0, 0.05) is 30.8 Å². The van der Waals surface area contributed by atoms with Crippen LogP contribution in [0.3, 0.4) is 0 Å². The molecule has 4 nitrogen and oxygen atoms in total. The highest BCUT2D eigenvalue weighted by atomic mass is 16.5. The molecule has 1 unspecified atom stereocenters. The van der Waals surface area contributed by atoms with Crippen LogP contribution < -0.4 is 5.73 Å². The number of allylic oxidation sites excluding steroid dienone is 3. The molecule has 1 aliphatic carbocycles. The Morgan fingerprint density at radius 2 is 2.29 bits per heavy atom. The molecular weight excluding hydrogens is 262 g/mol. The molecular formula is C17H27N3O. The van der Waals surface area contributed by atoms with Gasteiger partial charge >= 0.3 is 0 Å². The third-order valence-corrected chi connectivity index (χ3v) is 3.87. The van der Waals surface area contributed by atoms with Gasteiger partial charge in [-0.25, -0.2) is 0 Å². The normalized spacial score (nSPS) is 24.3. The minimum atomic E-state index is 0.310. The monoisotopic (exact) mass is 289 g/mol. The van der Waals surface area contributed by atoms with Crippen molar-refractivity contribution in [3.05, 3.63) is 22.9 Å². The predicted molar refractivity (Wildman–Crippen MR) is 89.1 cm³/mol. The number of nitrogens with zero attached hydrogens (tertiary/aromatic N) is 2. The first-order valence-electron chi connectivity index (χ1n) is 7.87. The first kappa shape index (κ1) is 16.0. The third-order valence-electron chi connectivity index (χ3n) is 3.87. The second-order valence-electron chi connectivity index (χ2n) is 6.27. The van der Waals surface area contributed by atoms with Crippen molar-refractivity contribution in [1.29, 1.82) is 0 Å². The Balaban J connectivity index is 2.02. The Labute approximate surface area is 127 Å². The molecule has 1 fully saturated rings. The zero-order valence-electron chi connectivity index (χ0n) is 13.4. The van der Waals surface area contributed by atoms with E-state index in [2.05, 4.69) is 36.8 Å². The lowest BCUT2D eigenvalue weighted by Gasteiger charge is -2.16. The highest BCUT2D eigenvalue weighted by molar-refractivity contribution is 5.99. The largest absolute Gasteiger partial charge is 0.398 e. The van der Waals surface area contributed by atoms with Crippen molar-refractivity contribution in [1.82, 2.24) is 0 Å². The molecule has 0 spiro atoms. The second-order valence-corrected chi connectivity index (χ2v) is 6.27. The van der Waals surface area contributed by atoms with Crippen LogP contribution in [0, 0.1) is 5.92 Å². The van der Waals surface area contributed by atoms with Crippen molar-refractivity contribution in [2.75, 3.05) is 19.8 Å². The number of hydrogen-bond acceptors (Lipinski definition) is 4. The summed E-state index contributed by atoms with van der Waals surface area (Å²) in [5.41, 5.74) is 10.5. The number of aliphatic imine (C=N–C) groups is 2. The molecule has 0 saturated carbocycles. The van der Waals surface area contributed by atoms with Gasteiger partial charge in [-0.1, -0.05) is 13.8 Å². The Kier molecular flexibility index (Phi) is 5.74. The minimum absolute atomic E-state index is 0.310. The Hall–Kier alpha value is -1.42. The summed E-state index contributed by atoms with van der Waals surface area (Å²) in [6.45, 7) is 8.89. The molecule has 0 aromatic rings. The molecule has 0 aromatic heterocycles. The average molecular weight is 289 g/mol. The van der Waals surface area contributed by atoms with Crippen molar-refractivity contribution < 1.29 is 4.74 Å². The average Bonchev–Trinajstić information content (AvgIpc) is 2.96. The molecule has 1 aliphatic heterocycles. The summed E-state index contributed by atoms with van der Waals surface area (Å²) in [6, 6.07) is 0.310. The third kappa shape index (κ3) is 4.81. The quantitative estimate of drug-likeness (QED) is 0.791. The van der Waals surface area contributed by atoms with Crippen LogP contribution in [0.1, 0.15) is 40.0 Å². The van der Waals surface area contributed by atoms with E-state index >= 15 is 0 Å². The molecule has 0 bridgehead atoms. The Bertz CT molecular complexity index is 480.